The van der Waals surface area contributed by atoms with Gasteiger partial charge in [-0.05, 0) is 70.7 Å². The molecule has 1 amide bonds. The van der Waals surface area contributed by atoms with Gasteiger partial charge in [0.15, 0.2) is 4.87 Å². The van der Waals surface area contributed by atoms with Crippen LogP contribution >= 0.6 is 24.0 Å². The summed E-state index contributed by atoms with van der Waals surface area (Å²) in [5.74, 6) is -0.510. The van der Waals surface area contributed by atoms with E-state index in [1.165, 1.54) is 19.4 Å². The van der Waals surface area contributed by atoms with Crippen molar-refractivity contribution in [3.63, 3.8) is 0 Å². The number of benzene rings is 1. The lowest BCUT2D eigenvalue weighted by Crippen LogP contribution is -2.51. The zero-order chi connectivity index (χ0) is 21.8. The van der Waals surface area contributed by atoms with Gasteiger partial charge in [0.05, 0.1) is 4.91 Å². The van der Waals surface area contributed by atoms with Crippen molar-refractivity contribution >= 4 is 56.1 Å². The van der Waals surface area contributed by atoms with Gasteiger partial charge < -0.3 is 4.90 Å². The topological polar surface area (TPSA) is 77.9 Å². The summed E-state index contributed by atoms with van der Waals surface area (Å²) in [4.78, 5) is 14.8. The smallest absolute Gasteiger partial charge is 0.289 e. The zero-order valence-corrected chi connectivity index (χ0v) is 19.7. The number of amides is 1. The summed E-state index contributed by atoms with van der Waals surface area (Å²) in [6.45, 7) is 10.0. The van der Waals surface area contributed by atoms with E-state index in [0.717, 1.165) is 47.3 Å². The van der Waals surface area contributed by atoms with Crippen molar-refractivity contribution in [2.45, 2.75) is 57.9 Å². The molecule has 0 spiro atoms. The zero-order valence-electron chi connectivity index (χ0n) is 17.2. The minimum Gasteiger partial charge on any atom is -0.366 e. The normalized spacial score (nSPS) is 19.9. The molecule has 158 valence electrons. The van der Waals surface area contributed by atoms with Crippen LogP contribution in [0.25, 0.3) is 6.08 Å². The van der Waals surface area contributed by atoms with E-state index >= 15 is 0 Å². The van der Waals surface area contributed by atoms with Crippen LogP contribution in [0.1, 0.15) is 52.2 Å². The summed E-state index contributed by atoms with van der Waals surface area (Å²) in [6.07, 6.45) is 3.71. The Hall–Kier alpha value is -1.42. The van der Waals surface area contributed by atoms with Crippen LogP contribution in [0.3, 0.4) is 0 Å². The maximum absolute atomic E-state index is 13.0. The number of hydrogen-bond donors (Lipinski definition) is 1. The van der Waals surface area contributed by atoms with E-state index < -0.39 is 20.9 Å². The minimum absolute atomic E-state index is 0.0171. The first-order valence-electron chi connectivity index (χ1n) is 9.40. The number of fused-ring (bicyclic) bond motifs is 1. The van der Waals surface area contributed by atoms with Crippen LogP contribution in [-0.4, -0.2) is 45.1 Å². The summed E-state index contributed by atoms with van der Waals surface area (Å²) >= 11 is 6.32. The van der Waals surface area contributed by atoms with Crippen LogP contribution in [0.2, 0.25) is 0 Å². The molecule has 2 aliphatic rings. The molecule has 0 unspecified atom stereocenters. The third kappa shape index (κ3) is 3.97. The maximum atomic E-state index is 13.0. The Bertz CT molecular complexity index is 1010. The van der Waals surface area contributed by atoms with Crippen molar-refractivity contribution in [3.8, 4) is 0 Å². The molecule has 0 atom stereocenters. The lowest BCUT2D eigenvalue weighted by atomic mass is 9.92. The average molecular weight is 455 g/mol. The van der Waals surface area contributed by atoms with Crippen LogP contribution in [-0.2, 0) is 21.3 Å². The highest BCUT2D eigenvalue weighted by Gasteiger charge is 2.49. The van der Waals surface area contributed by atoms with Gasteiger partial charge in [-0.2, -0.15) is 8.42 Å². The largest absolute Gasteiger partial charge is 0.366 e. The summed E-state index contributed by atoms with van der Waals surface area (Å²) in [5, 5.41) is 0. The molecule has 1 saturated heterocycles. The van der Waals surface area contributed by atoms with Crippen molar-refractivity contribution in [2.24, 2.45) is 0 Å². The molecule has 9 heteroatoms. The third-order valence-electron chi connectivity index (χ3n) is 5.35. The van der Waals surface area contributed by atoms with Crippen LogP contribution < -0.4 is 4.90 Å². The fraction of sp³-hybridized carbons (Fsp3) is 0.500. The van der Waals surface area contributed by atoms with E-state index in [1.54, 1.807) is 6.08 Å². The van der Waals surface area contributed by atoms with Gasteiger partial charge in [0, 0.05) is 17.8 Å². The van der Waals surface area contributed by atoms with Gasteiger partial charge in [-0.1, -0.05) is 36.1 Å². The second kappa shape index (κ2) is 7.37. The van der Waals surface area contributed by atoms with Gasteiger partial charge in [0.1, 0.15) is 4.32 Å². The molecule has 6 nitrogen and oxygen atoms in total. The Labute approximate surface area is 182 Å². The van der Waals surface area contributed by atoms with E-state index in [9.17, 15) is 17.8 Å². The standard InChI is InChI=1S/C20H26N2O4S3/c1-19(2,3)21-11-7-9-14-13(8-6-10-15(14)21)12-16-17(23)22(18(27)28-16)20(4,5)29(24,25)26/h6,8,10,12H,7,9,11H2,1-5H3,(H,24,25,26)/b16-12-. The fourth-order valence-corrected chi connectivity index (χ4v) is 5.73. The fourth-order valence-electron chi connectivity index (χ4n) is 3.67. The van der Waals surface area contributed by atoms with Gasteiger partial charge >= 0.3 is 0 Å². The summed E-state index contributed by atoms with van der Waals surface area (Å²) in [6, 6.07) is 6.03. The van der Waals surface area contributed by atoms with Crippen molar-refractivity contribution in [2.75, 3.05) is 11.4 Å². The third-order valence-corrected chi connectivity index (χ3v) is 8.09. The molecule has 1 N–H and O–H groups in total. The molecular formula is C20H26N2O4S3. The first-order chi connectivity index (χ1) is 13.2. The summed E-state index contributed by atoms with van der Waals surface area (Å²) < 4.78 is 33.3. The summed E-state index contributed by atoms with van der Waals surface area (Å²) in [5.41, 5.74) is 3.25. The van der Waals surface area contributed by atoms with Crippen molar-refractivity contribution in [3.05, 3.63) is 34.2 Å². The summed E-state index contributed by atoms with van der Waals surface area (Å²) in [7, 11) is -4.52. The highest BCUT2D eigenvalue weighted by molar-refractivity contribution is 8.26. The molecule has 3 rings (SSSR count). The molecule has 0 radical (unpaired) electrons. The highest BCUT2D eigenvalue weighted by atomic mass is 32.2. The molecule has 0 saturated carbocycles. The monoisotopic (exact) mass is 454 g/mol. The maximum Gasteiger partial charge on any atom is 0.289 e. The van der Waals surface area contributed by atoms with Gasteiger partial charge in [0.2, 0.25) is 0 Å². The number of carbonyl (C=O) groups excluding carboxylic acids is 1. The number of hydrogen-bond acceptors (Lipinski definition) is 6. The molecule has 1 aromatic carbocycles. The molecule has 2 heterocycles. The van der Waals surface area contributed by atoms with Gasteiger partial charge in [-0.25, -0.2) is 0 Å². The number of thiocarbonyl (C=S) groups is 1. The second-order valence-electron chi connectivity index (χ2n) is 8.71. The second-order valence-corrected chi connectivity index (χ2v) is 12.3. The van der Waals surface area contributed by atoms with E-state index in [0.29, 0.717) is 4.91 Å². The number of anilines is 1. The quantitative estimate of drug-likeness (QED) is 0.419. The van der Waals surface area contributed by atoms with E-state index in [-0.39, 0.29) is 9.86 Å². The Morgan fingerprint density at radius 3 is 2.45 bits per heavy atom. The number of carbonyl (C=O) groups is 1. The van der Waals surface area contributed by atoms with E-state index in [1.807, 2.05) is 12.1 Å². The Morgan fingerprint density at radius 2 is 1.86 bits per heavy atom. The lowest BCUT2D eigenvalue weighted by molar-refractivity contribution is -0.124. The van der Waals surface area contributed by atoms with Crippen molar-refractivity contribution in [1.29, 1.82) is 0 Å². The number of rotatable bonds is 3. The Morgan fingerprint density at radius 1 is 1.21 bits per heavy atom. The predicted octanol–water partition coefficient (Wildman–Crippen LogP) is 4.06. The predicted molar refractivity (Wildman–Crippen MR) is 123 cm³/mol. The Kier molecular flexibility index (Phi) is 5.66. The lowest BCUT2D eigenvalue weighted by Gasteiger charge is -2.42. The number of nitrogens with zero attached hydrogens (tertiary/aromatic N) is 2. The average Bonchev–Trinajstić information content (AvgIpc) is 2.86. The molecule has 0 aliphatic carbocycles. The minimum atomic E-state index is -4.52. The highest BCUT2D eigenvalue weighted by Crippen LogP contribution is 2.41. The van der Waals surface area contributed by atoms with Crippen LogP contribution in [0.4, 0.5) is 5.69 Å². The molecule has 1 fully saturated rings. The molecular weight excluding hydrogens is 428 g/mol. The SMILES string of the molecule is CC(C)(C)N1CCCc2c(/C=C3\SC(=S)N(C(C)(C)S(=O)(=O)O)C3=O)cccc21. The Balaban J connectivity index is 2.03. The molecule has 0 aromatic heterocycles. The first-order valence-corrected chi connectivity index (χ1v) is 12.1. The number of thioether (sulfide) groups is 1. The van der Waals surface area contributed by atoms with Crippen molar-refractivity contribution < 1.29 is 17.8 Å². The van der Waals surface area contributed by atoms with Gasteiger partial charge in [0.25, 0.3) is 16.0 Å². The van der Waals surface area contributed by atoms with Gasteiger partial charge in [-0.3, -0.25) is 14.2 Å². The van der Waals surface area contributed by atoms with Gasteiger partial charge in [-0.15, -0.1) is 0 Å². The van der Waals surface area contributed by atoms with Crippen molar-refractivity contribution in [1.82, 2.24) is 4.90 Å². The molecule has 29 heavy (non-hydrogen) atoms. The molecule has 2 aliphatic heterocycles. The molecule has 0 bridgehead atoms. The van der Waals surface area contributed by atoms with Crippen LogP contribution in [0.15, 0.2) is 23.1 Å². The van der Waals surface area contributed by atoms with Crippen LogP contribution in [0, 0.1) is 0 Å². The first kappa shape index (κ1) is 22.3. The van der Waals surface area contributed by atoms with E-state index in [2.05, 4.69) is 31.7 Å². The van der Waals surface area contributed by atoms with Crippen LogP contribution in [0.5, 0.6) is 0 Å². The molecule has 1 aromatic rings. The van der Waals surface area contributed by atoms with E-state index in [4.69, 9.17) is 12.2 Å².